The highest BCUT2D eigenvalue weighted by Gasteiger charge is 2.15. The van der Waals surface area contributed by atoms with E-state index in [9.17, 15) is 5.26 Å². The van der Waals surface area contributed by atoms with Gasteiger partial charge in [0.2, 0.25) is 0 Å². The van der Waals surface area contributed by atoms with Crippen LogP contribution in [0.15, 0.2) is 22.3 Å². The molecule has 6 heteroatoms. The molecule has 2 rings (SSSR count). The minimum absolute atomic E-state index is 0.642. The van der Waals surface area contributed by atoms with Crippen molar-refractivity contribution in [3.63, 3.8) is 0 Å². The van der Waals surface area contributed by atoms with E-state index in [0.717, 1.165) is 29.0 Å². The first-order chi connectivity index (χ1) is 9.19. The molecule has 0 unspecified atom stereocenters. The fourth-order valence-corrected chi connectivity index (χ4v) is 2.79. The maximum Gasteiger partial charge on any atom is 0.142 e. The summed E-state index contributed by atoms with van der Waals surface area (Å²) in [4.78, 5) is 0.958. The molecule has 0 saturated heterocycles. The summed E-state index contributed by atoms with van der Waals surface area (Å²) in [6, 6.07) is 2.27. The van der Waals surface area contributed by atoms with Crippen molar-refractivity contribution in [3.05, 3.63) is 29.2 Å². The van der Waals surface area contributed by atoms with Crippen LogP contribution < -0.4 is 0 Å². The lowest BCUT2D eigenvalue weighted by atomic mass is 10.1. The van der Waals surface area contributed by atoms with Gasteiger partial charge in [0, 0.05) is 13.2 Å². The summed E-state index contributed by atoms with van der Waals surface area (Å²) >= 11 is 1.43. The molecule has 0 spiro atoms. The van der Waals surface area contributed by atoms with Crippen LogP contribution in [-0.4, -0.2) is 20.0 Å². The zero-order chi connectivity index (χ0) is 13.8. The number of hydrogen-bond acceptors (Lipinski definition) is 5. The SMILES string of the molecule is CCc1nnc(Sc2cnn(C)c2)c(C#N)c1CC. The first kappa shape index (κ1) is 13.6. The second kappa shape index (κ2) is 5.85. The van der Waals surface area contributed by atoms with Gasteiger partial charge in [0.15, 0.2) is 0 Å². The van der Waals surface area contributed by atoms with E-state index < -0.39 is 0 Å². The molecule has 0 aliphatic rings. The van der Waals surface area contributed by atoms with E-state index >= 15 is 0 Å². The van der Waals surface area contributed by atoms with E-state index in [4.69, 9.17) is 0 Å². The number of nitrogens with zero attached hydrogens (tertiary/aromatic N) is 5. The van der Waals surface area contributed by atoms with E-state index in [0.29, 0.717) is 10.6 Å². The summed E-state index contributed by atoms with van der Waals surface area (Å²) in [6.07, 6.45) is 5.24. The van der Waals surface area contributed by atoms with E-state index in [1.807, 2.05) is 27.1 Å². The lowest BCUT2D eigenvalue weighted by molar-refractivity contribution is 0.766. The van der Waals surface area contributed by atoms with Crippen LogP contribution >= 0.6 is 11.8 Å². The van der Waals surface area contributed by atoms with Crippen molar-refractivity contribution in [2.75, 3.05) is 0 Å². The van der Waals surface area contributed by atoms with Gasteiger partial charge in [0.25, 0.3) is 0 Å². The van der Waals surface area contributed by atoms with Gasteiger partial charge in [-0.3, -0.25) is 4.68 Å². The Balaban J connectivity index is 2.43. The number of hydrogen-bond donors (Lipinski definition) is 0. The van der Waals surface area contributed by atoms with Crippen molar-refractivity contribution in [1.29, 1.82) is 5.26 Å². The van der Waals surface area contributed by atoms with Gasteiger partial charge in [-0.25, -0.2) is 0 Å². The van der Waals surface area contributed by atoms with E-state index in [1.54, 1.807) is 10.9 Å². The highest BCUT2D eigenvalue weighted by Crippen LogP contribution is 2.30. The van der Waals surface area contributed by atoms with Gasteiger partial charge in [-0.15, -0.1) is 5.10 Å². The molecule has 2 heterocycles. The maximum absolute atomic E-state index is 9.38. The lowest BCUT2D eigenvalue weighted by Gasteiger charge is -2.09. The first-order valence-corrected chi connectivity index (χ1v) is 6.96. The fourth-order valence-electron chi connectivity index (χ4n) is 1.90. The molecule has 2 aromatic heterocycles. The summed E-state index contributed by atoms with van der Waals surface area (Å²) in [7, 11) is 1.86. The molecule has 98 valence electrons. The number of rotatable bonds is 4. The number of aryl methyl sites for hydroxylation is 2. The Morgan fingerprint density at radius 3 is 2.63 bits per heavy atom. The van der Waals surface area contributed by atoms with Crippen LogP contribution in [0.25, 0.3) is 0 Å². The summed E-state index contributed by atoms with van der Waals surface area (Å²) in [5.41, 5.74) is 2.56. The molecule has 0 atom stereocenters. The minimum Gasteiger partial charge on any atom is -0.275 e. The van der Waals surface area contributed by atoms with Crippen LogP contribution in [0, 0.1) is 11.3 Å². The Labute approximate surface area is 116 Å². The summed E-state index contributed by atoms with van der Waals surface area (Å²) < 4.78 is 1.73. The molecule has 0 aliphatic heterocycles. The van der Waals surface area contributed by atoms with Crippen LogP contribution in [0.1, 0.15) is 30.7 Å². The molecule has 0 amide bonds. The normalized spacial score (nSPS) is 10.4. The van der Waals surface area contributed by atoms with E-state index in [-0.39, 0.29) is 0 Å². The molecule has 2 aromatic rings. The highest BCUT2D eigenvalue weighted by atomic mass is 32.2. The predicted octanol–water partition coefficient (Wildman–Crippen LogP) is 2.36. The Kier molecular flexibility index (Phi) is 4.17. The third-order valence-corrected chi connectivity index (χ3v) is 3.75. The van der Waals surface area contributed by atoms with Crippen molar-refractivity contribution in [2.24, 2.45) is 7.05 Å². The second-order valence-corrected chi connectivity index (χ2v) is 5.14. The summed E-state index contributed by atoms with van der Waals surface area (Å²) in [5, 5.41) is 22.6. The van der Waals surface area contributed by atoms with Crippen molar-refractivity contribution >= 4 is 11.8 Å². The van der Waals surface area contributed by atoms with Gasteiger partial charge < -0.3 is 0 Å². The molecule has 0 saturated carbocycles. The Morgan fingerprint density at radius 1 is 1.32 bits per heavy atom. The Hall–Kier alpha value is -1.87. The lowest BCUT2D eigenvalue weighted by Crippen LogP contribution is -2.04. The average Bonchev–Trinajstić information content (AvgIpc) is 2.83. The molecule has 0 bridgehead atoms. The van der Waals surface area contributed by atoms with Gasteiger partial charge in [0.05, 0.1) is 22.3 Å². The van der Waals surface area contributed by atoms with Crippen molar-refractivity contribution in [2.45, 2.75) is 36.6 Å². The average molecular weight is 273 g/mol. The van der Waals surface area contributed by atoms with E-state index in [1.165, 1.54) is 11.8 Å². The van der Waals surface area contributed by atoms with Crippen LogP contribution in [0.5, 0.6) is 0 Å². The van der Waals surface area contributed by atoms with Gasteiger partial charge in [0.1, 0.15) is 11.1 Å². The maximum atomic E-state index is 9.38. The number of nitriles is 1. The van der Waals surface area contributed by atoms with Crippen molar-refractivity contribution in [1.82, 2.24) is 20.0 Å². The first-order valence-electron chi connectivity index (χ1n) is 6.14. The zero-order valence-electron chi connectivity index (χ0n) is 11.2. The molecule has 0 fully saturated rings. The molecule has 0 aliphatic carbocycles. The van der Waals surface area contributed by atoms with Crippen molar-refractivity contribution < 1.29 is 0 Å². The highest BCUT2D eigenvalue weighted by molar-refractivity contribution is 7.99. The van der Waals surface area contributed by atoms with Crippen LogP contribution in [0.4, 0.5) is 0 Å². The third kappa shape index (κ3) is 2.76. The van der Waals surface area contributed by atoms with Crippen LogP contribution in [-0.2, 0) is 19.9 Å². The summed E-state index contributed by atoms with van der Waals surface area (Å²) in [5.74, 6) is 0. The van der Waals surface area contributed by atoms with Crippen LogP contribution in [0.3, 0.4) is 0 Å². The quantitative estimate of drug-likeness (QED) is 0.855. The molecular formula is C13H15N5S. The van der Waals surface area contributed by atoms with Crippen LogP contribution in [0.2, 0.25) is 0 Å². The third-order valence-electron chi connectivity index (χ3n) is 2.82. The standard InChI is InChI=1S/C13H15N5S/c1-4-10-11(6-14)13(17-16-12(10)5-2)19-9-7-15-18(3)8-9/h7-8H,4-5H2,1-3H3. The molecule has 19 heavy (non-hydrogen) atoms. The Morgan fingerprint density at radius 2 is 2.11 bits per heavy atom. The van der Waals surface area contributed by atoms with Gasteiger partial charge in [-0.05, 0) is 18.4 Å². The second-order valence-electron chi connectivity index (χ2n) is 4.08. The fraction of sp³-hybridized carbons (Fsp3) is 0.385. The van der Waals surface area contributed by atoms with Gasteiger partial charge in [-0.1, -0.05) is 25.6 Å². The molecule has 0 aromatic carbocycles. The monoisotopic (exact) mass is 273 g/mol. The van der Waals surface area contributed by atoms with Gasteiger partial charge in [-0.2, -0.15) is 15.5 Å². The molecule has 0 N–H and O–H groups in total. The smallest absolute Gasteiger partial charge is 0.142 e. The topological polar surface area (TPSA) is 67.4 Å². The molecular weight excluding hydrogens is 258 g/mol. The predicted molar refractivity (Wildman–Crippen MR) is 72.8 cm³/mol. The molecule has 0 radical (unpaired) electrons. The molecule has 5 nitrogen and oxygen atoms in total. The zero-order valence-corrected chi connectivity index (χ0v) is 12.0. The van der Waals surface area contributed by atoms with E-state index in [2.05, 4.69) is 21.4 Å². The summed E-state index contributed by atoms with van der Waals surface area (Å²) in [6.45, 7) is 4.06. The Bertz CT molecular complexity index is 626. The van der Waals surface area contributed by atoms with Crippen molar-refractivity contribution in [3.8, 4) is 6.07 Å². The minimum atomic E-state index is 0.642. The van der Waals surface area contributed by atoms with Gasteiger partial charge >= 0.3 is 0 Å². The largest absolute Gasteiger partial charge is 0.275 e. The number of aromatic nitrogens is 4.